The van der Waals surface area contributed by atoms with Crippen molar-refractivity contribution in [3.8, 4) is 5.75 Å². The summed E-state index contributed by atoms with van der Waals surface area (Å²) in [6, 6.07) is 6.71. The Morgan fingerprint density at radius 2 is 1.78 bits per heavy atom. The van der Waals surface area contributed by atoms with E-state index in [9.17, 15) is 0 Å². The maximum atomic E-state index is 6.31. The molecule has 1 aromatic carbocycles. The van der Waals surface area contributed by atoms with Crippen molar-refractivity contribution >= 4 is 6.08 Å². The lowest BCUT2D eigenvalue weighted by Crippen LogP contribution is -2.30. The van der Waals surface area contributed by atoms with Crippen molar-refractivity contribution in [2.75, 3.05) is 0 Å². The zero-order chi connectivity index (χ0) is 16.4. The number of hydrogen-bond acceptors (Lipinski definition) is 1. The standard InChI is InChI=1S/C22H32O/c1-5-16-6-7-18-15-21(11-8-17(18)14-16)23-20-12-9-19(10-13-20)22(2,3)4/h8,11,14-15,19-20H,5-7,9-10,12-13H2,1-4H3. The van der Waals surface area contributed by atoms with Gasteiger partial charge in [0.2, 0.25) is 0 Å². The van der Waals surface area contributed by atoms with Crippen LogP contribution in [0.4, 0.5) is 0 Å². The second-order valence-corrected chi connectivity index (χ2v) is 8.47. The average Bonchev–Trinajstić information content (AvgIpc) is 2.54. The fourth-order valence-corrected chi connectivity index (χ4v) is 4.12. The monoisotopic (exact) mass is 312 g/mol. The molecule has 0 N–H and O–H groups in total. The molecule has 1 fully saturated rings. The second kappa shape index (κ2) is 6.71. The molecule has 0 heterocycles. The van der Waals surface area contributed by atoms with Crippen molar-refractivity contribution in [2.24, 2.45) is 11.3 Å². The molecule has 1 saturated carbocycles. The average molecular weight is 312 g/mol. The van der Waals surface area contributed by atoms with E-state index in [-0.39, 0.29) is 0 Å². The molecule has 0 unspecified atom stereocenters. The second-order valence-electron chi connectivity index (χ2n) is 8.47. The van der Waals surface area contributed by atoms with Crippen molar-refractivity contribution in [1.82, 2.24) is 0 Å². The molecule has 0 amide bonds. The van der Waals surface area contributed by atoms with Gasteiger partial charge in [0.25, 0.3) is 0 Å². The molecule has 0 spiro atoms. The van der Waals surface area contributed by atoms with Crippen LogP contribution in [-0.2, 0) is 6.42 Å². The maximum Gasteiger partial charge on any atom is 0.120 e. The van der Waals surface area contributed by atoms with E-state index in [4.69, 9.17) is 4.74 Å². The summed E-state index contributed by atoms with van der Waals surface area (Å²) in [5, 5.41) is 0. The van der Waals surface area contributed by atoms with Crippen molar-refractivity contribution in [2.45, 2.75) is 78.7 Å². The first-order valence-corrected chi connectivity index (χ1v) is 9.44. The number of benzene rings is 1. The molecule has 0 atom stereocenters. The van der Waals surface area contributed by atoms with Gasteiger partial charge >= 0.3 is 0 Å². The van der Waals surface area contributed by atoms with Crippen LogP contribution in [0, 0.1) is 11.3 Å². The Balaban J connectivity index is 1.61. The van der Waals surface area contributed by atoms with Gasteiger partial charge in [0, 0.05) is 0 Å². The van der Waals surface area contributed by atoms with Crippen LogP contribution in [0.2, 0.25) is 0 Å². The minimum Gasteiger partial charge on any atom is -0.490 e. The normalized spacial score (nSPS) is 24.8. The van der Waals surface area contributed by atoms with E-state index in [1.165, 1.54) is 56.1 Å². The summed E-state index contributed by atoms with van der Waals surface area (Å²) >= 11 is 0. The van der Waals surface area contributed by atoms with Gasteiger partial charge in [-0.05, 0) is 79.5 Å². The number of fused-ring (bicyclic) bond motifs is 1. The summed E-state index contributed by atoms with van der Waals surface area (Å²) in [6.07, 6.45) is 11.4. The number of rotatable bonds is 3. The summed E-state index contributed by atoms with van der Waals surface area (Å²) < 4.78 is 6.31. The highest BCUT2D eigenvalue weighted by Gasteiger charge is 2.30. The lowest BCUT2D eigenvalue weighted by molar-refractivity contribution is 0.0881. The molecule has 0 aliphatic heterocycles. The van der Waals surface area contributed by atoms with Crippen LogP contribution < -0.4 is 4.74 Å². The van der Waals surface area contributed by atoms with E-state index in [2.05, 4.69) is 52.0 Å². The molecule has 3 rings (SSSR count). The van der Waals surface area contributed by atoms with Crippen LogP contribution in [0.5, 0.6) is 5.75 Å². The fraction of sp³-hybridized carbons (Fsp3) is 0.636. The van der Waals surface area contributed by atoms with Gasteiger partial charge in [0.15, 0.2) is 0 Å². The van der Waals surface area contributed by atoms with Crippen molar-refractivity contribution in [1.29, 1.82) is 0 Å². The molecule has 0 saturated heterocycles. The van der Waals surface area contributed by atoms with Crippen LogP contribution in [0.1, 0.15) is 77.3 Å². The van der Waals surface area contributed by atoms with Crippen molar-refractivity contribution < 1.29 is 4.74 Å². The third kappa shape index (κ3) is 4.00. The summed E-state index contributed by atoms with van der Waals surface area (Å²) in [5.41, 5.74) is 4.88. The Labute approximate surface area is 142 Å². The third-order valence-electron chi connectivity index (χ3n) is 5.85. The Morgan fingerprint density at radius 1 is 1.04 bits per heavy atom. The van der Waals surface area contributed by atoms with Gasteiger partial charge in [-0.2, -0.15) is 0 Å². The molecule has 126 valence electrons. The molecule has 0 aromatic heterocycles. The van der Waals surface area contributed by atoms with Gasteiger partial charge < -0.3 is 4.74 Å². The molecular weight excluding hydrogens is 280 g/mol. The number of allylic oxidation sites excluding steroid dienone is 1. The van der Waals surface area contributed by atoms with E-state index < -0.39 is 0 Å². The Kier molecular flexibility index (Phi) is 4.85. The zero-order valence-corrected chi connectivity index (χ0v) is 15.3. The summed E-state index contributed by atoms with van der Waals surface area (Å²) in [5.74, 6) is 1.93. The smallest absolute Gasteiger partial charge is 0.120 e. The first-order chi connectivity index (χ1) is 11.0. The van der Waals surface area contributed by atoms with Crippen LogP contribution >= 0.6 is 0 Å². The lowest BCUT2D eigenvalue weighted by Gasteiger charge is -2.37. The SMILES string of the molecule is CCC1=Cc2ccc(OC3CCC(C(C)(C)C)CC3)cc2CC1. The van der Waals surface area contributed by atoms with E-state index in [0.29, 0.717) is 11.5 Å². The molecule has 0 bridgehead atoms. The van der Waals surface area contributed by atoms with Gasteiger partial charge in [0.1, 0.15) is 5.75 Å². The molecule has 1 nitrogen and oxygen atoms in total. The van der Waals surface area contributed by atoms with Crippen LogP contribution in [0.15, 0.2) is 23.8 Å². The van der Waals surface area contributed by atoms with Gasteiger partial charge in [-0.15, -0.1) is 0 Å². The molecule has 0 radical (unpaired) electrons. The Hall–Kier alpha value is -1.24. The summed E-state index contributed by atoms with van der Waals surface area (Å²) in [4.78, 5) is 0. The lowest BCUT2D eigenvalue weighted by atomic mass is 9.72. The molecule has 23 heavy (non-hydrogen) atoms. The first-order valence-electron chi connectivity index (χ1n) is 9.44. The summed E-state index contributed by atoms with van der Waals surface area (Å²) in [7, 11) is 0. The molecule has 1 aromatic rings. The molecule has 1 heteroatoms. The van der Waals surface area contributed by atoms with E-state index in [1.807, 2.05) is 0 Å². The fourth-order valence-electron chi connectivity index (χ4n) is 4.12. The highest BCUT2D eigenvalue weighted by molar-refractivity contribution is 5.60. The van der Waals surface area contributed by atoms with Crippen molar-refractivity contribution in [3.05, 3.63) is 34.9 Å². The molecular formula is C22H32O. The summed E-state index contributed by atoms with van der Waals surface area (Å²) in [6.45, 7) is 9.38. The van der Waals surface area contributed by atoms with Gasteiger partial charge in [-0.25, -0.2) is 0 Å². The largest absolute Gasteiger partial charge is 0.490 e. The van der Waals surface area contributed by atoms with Gasteiger partial charge in [0.05, 0.1) is 6.10 Å². The number of hydrogen-bond donors (Lipinski definition) is 0. The minimum absolute atomic E-state index is 0.414. The maximum absolute atomic E-state index is 6.31. The van der Waals surface area contributed by atoms with E-state index in [0.717, 1.165) is 11.7 Å². The molecule has 2 aliphatic rings. The van der Waals surface area contributed by atoms with Crippen LogP contribution in [-0.4, -0.2) is 6.10 Å². The topological polar surface area (TPSA) is 9.23 Å². The van der Waals surface area contributed by atoms with Crippen LogP contribution in [0.3, 0.4) is 0 Å². The van der Waals surface area contributed by atoms with E-state index in [1.54, 1.807) is 5.57 Å². The minimum atomic E-state index is 0.414. The number of ether oxygens (including phenoxy) is 1. The highest BCUT2D eigenvalue weighted by atomic mass is 16.5. The van der Waals surface area contributed by atoms with Gasteiger partial charge in [-0.1, -0.05) is 45.4 Å². The first kappa shape index (κ1) is 16.6. The third-order valence-corrected chi connectivity index (χ3v) is 5.85. The van der Waals surface area contributed by atoms with Crippen molar-refractivity contribution in [3.63, 3.8) is 0 Å². The van der Waals surface area contributed by atoms with Gasteiger partial charge in [-0.3, -0.25) is 0 Å². The highest BCUT2D eigenvalue weighted by Crippen LogP contribution is 2.39. The Bertz CT molecular complexity index is 568. The van der Waals surface area contributed by atoms with E-state index >= 15 is 0 Å². The molecule has 2 aliphatic carbocycles. The predicted molar refractivity (Wildman–Crippen MR) is 98.9 cm³/mol. The predicted octanol–water partition coefficient (Wildman–Crippen LogP) is 6.41. The quantitative estimate of drug-likeness (QED) is 0.626. The zero-order valence-electron chi connectivity index (χ0n) is 15.3. The number of aryl methyl sites for hydroxylation is 1. The van der Waals surface area contributed by atoms with Crippen LogP contribution in [0.25, 0.3) is 6.08 Å². The Morgan fingerprint density at radius 3 is 2.43 bits per heavy atom.